The second kappa shape index (κ2) is 7.25. The summed E-state index contributed by atoms with van der Waals surface area (Å²) < 4.78 is 0. The highest BCUT2D eigenvalue weighted by Gasteiger charge is 2.34. The lowest BCUT2D eigenvalue weighted by molar-refractivity contribution is -0.124. The van der Waals surface area contributed by atoms with Gasteiger partial charge in [0.2, 0.25) is 5.91 Å². The Labute approximate surface area is 118 Å². The van der Waals surface area contributed by atoms with Crippen LogP contribution in [-0.2, 0) is 4.79 Å². The van der Waals surface area contributed by atoms with Crippen molar-refractivity contribution in [2.24, 2.45) is 5.73 Å². The van der Waals surface area contributed by atoms with Gasteiger partial charge in [0.25, 0.3) is 0 Å². The van der Waals surface area contributed by atoms with Crippen LogP contribution in [0.5, 0.6) is 0 Å². The van der Waals surface area contributed by atoms with Crippen molar-refractivity contribution in [3.8, 4) is 0 Å². The SMILES string of the molecule is CCC1CCCCCN1C(C)CC(C)(NC)C(N)=O. The van der Waals surface area contributed by atoms with Gasteiger partial charge in [0, 0.05) is 12.1 Å². The molecule has 4 nitrogen and oxygen atoms in total. The third-order valence-electron chi connectivity index (χ3n) is 4.76. The molecule has 3 unspecified atom stereocenters. The van der Waals surface area contributed by atoms with Crippen LogP contribution >= 0.6 is 0 Å². The summed E-state index contributed by atoms with van der Waals surface area (Å²) in [6.07, 6.45) is 7.19. The Morgan fingerprint density at radius 1 is 1.47 bits per heavy atom. The molecule has 1 rings (SSSR count). The highest BCUT2D eigenvalue weighted by Crippen LogP contribution is 2.25. The number of amides is 1. The number of nitrogens with two attached hydrogens (primary N) is 1. The molecule has 0 aromatic heterocycles. The molecular weight excluding hydrogens is 238 g/mol. The molecule has 1 aliphatic rings. The van der Waals surface area contributed by atoms with Crippen molar-refractivity contribution in [3.63, 3.8) is 0 Å². The zero-order valence-corrected chi connectivity index (χ0v) is 13.0. The topological polar surface area (TPSA) is 58.4 Å². The predicted octanol–water partition coefficient (Wildman–Crippen LogP) is 1.88. The van der Waals surface area contributed by atoms with Crippen molar-refractivity contribution in [1.82, 2.24) is 10.2 Å². The fraction of sp³-hybridized carbons (Fsp3) is 0.933. The molecule has 3 N–H and O–H groups in total. The molecule has 19 heavy (non-hydrogen) atoms. The van der Waals surface area contributed by atoms with Gasteiger partial charge in [-0.25, -0.2) is 0 Å². The molecule has 1 heterocycles. The number of carbonyl (C=O) groups excluding carboxylic acids is 1. The number of likely N-dealkylation sites (tertiary alicyclic amines) is 1. The fourth-order valence-corrected chi connectivity index (χ4v) is 3.25. The summed E-state index contributed by atoms with van der Waals surface area (Å²) in [5.41, 5.74) is 4.93. The summed E-state index contributed by atoms with van der Waals surface area (Å²) in [7, 11) is 1.82. The van der Waals surface area contributed by atoms with E-state index in [-0.39, 0.29) is 5.91 Å². The molecule has 1 fully saturated rings. The molecule has 0 bridgehead atoms. The van der Waals surface area contributed by atoms with Crippen LogP contribution < -0.4 is 11.1 Å². The molecule has 0 spiro atoms. The van der Waals surface area contributed by atoms with Crippen LogP contribution in [0.1, 0.15) is 59.3 Å². The largest absolute Gasteiger partial charge is 0.368 e. The van der Waals surface area contributed by atoms with Crippen molar-refractivity contribution in [1.29, 1.82) is 0 Å². The Morgan fingerprint density at radius 2 is 2.16 bits per heavy atom. The lowest BCUT2D eigenvalue weighted by Gasteiger charge is -2.38. The Kier molecular flexibility index (Phi) is 6.27. The fourth-order valence-electron chi connectivity index (χ4n) is 3.25. The van der Waals surface area contributed by atoms with Crippen molar-refractivity contribution in [3.05, 3.63) is 0 Å². The van der Waals surface area contributed by atoms with Gasteiger partial charge in [-0.2, -0.15) is 0 Å². The standard InChI is InChI=1S/C15H31N3O/c1-5-13-9-7-6-8-10-18(13)12(2)11-15(3,17-4)14(16)19/h12-13,17H,5-11H2,1-4H3,(H2,16,19). The molecule has 0 saturated carbocycles. The molecule has 0 aromatic carbocycles. The van der Waals surface area contributed by atoms with Crippen molar-refractivity contribution in [2.45, 2.75) is 76.9 Å². The highest BCUT2D eigenvalue weighted by atomic mass is 16.1. The summed E-state index contributed by atoms with van der Waals surface area (Å²) >= 11 is 0. The van der Waals surface area contributed by atoms with Crippen LogP contribution in [0.3, 0.4) is 0 Å². The van der Waals surface area contributed by atoms with Gasteiger partial charge < -0.3 is 11.1 Å². The van der Waals surface area contributed by atoms with Gasteiger partial charge in [0.1, 0.15) is 0 Å². The van der Waals surface area contributed by atoms with E-state index in [9.17, 15) is 4.79 Å². The number of primary amides is 1. The lowest BCUT2D eigenvalue weighted by atomic mass is 9.91. The Morgan fingerprint density at radius 3 is 2.68 bits per heavy atom. The van der Waals surface area contributed by atoms with Crippen LogP contribution in [0, 0.1) is 0 Å². The van der Waals surface area contributed by atoms with Crippen molar-refractivity contribution >= 4 is 5.91 Å². The first-order valence-corrected chi connectivity index (χ1v) is 7.69. The predicted molar refractivity (Wildman–Crippen MR) is 80.0 cm³/mol. The van der Waals surface area contributed by atoms with Gasteiger partial charge in [0.05, 0.1) is 5.54 Å². The maximum atomic E-state index is 11.6. The Balaban J connectivity index is 2.73. The summed E-state index contributed by atoms with van der Waals surface area (Å²) in [6, 6.07) is 1.04. The van der Waals surface area contributed by atoms with E-state index < -0.39 is 5.54 Å². The number of rotatable bonds is 6. The zero-order chi connectivity index (χ0) is 14.5. The average molecular weight is 269 g/mol. The normalized spacial score (nSPS) is 26.4. The first kappa shape index (κ1) is 16.4. The number of hydrogen-bond acceptors (Lipinski definition) is 3. The second-order valence-corrected chi connectivity index (χ2v) is 6.15. The van der Waals surface area contributed by atoms with E-state index >= 15 is 0 Å². The van der Waals surface area contributed by atoms with Gasteiger partial charge in [-0.1, -0.05) is 19.8 Å². The third kappa shape index (κ3) is 4.18. The molecular formula is C15H31N3O. The highest BCUT2D eigenvalue weighted by molar-refractivity contribution is 5.84. The first-order chi connectivity index (χ1) is 8.94. The van der Waals surface area contributed by atoms with Gasteiger partial charge in [-0.05, 0) is 53.1 Å². The maximum absolute atomic E-state index is 11.6. The molecule has 4 heteroatoms. The lowest BCUT2D eigenvalue weighted by Crippen LogP contribution is -2.56. The molecule has 1 amide bonds. The van der Waals surface area contributed by atoms with E-state index in [0.29, 0.717) is 12.1 Å². The van der Waals surface area contributed by atoms with Gasteiger partial charge in [-0.15, -0.1) is 0 Å². The quantitative estimate of drug-likeness (QED) is 0.774. The Bertz CT molecular complexity index is 295. The second-order valence-electron chi connectivity index (χ2n) is 6.15. The molecule has 0 radical (unpaired) electrons. The van der Waals surface area contributed by atoms with E-state index in [1.165, 1.54) is 32.1 Å². The number of likely N-dealkylation sites (N-methyl/N-ethyl adjacent to an activating group) is 1. The van der Waals surface area contributed by atoms with Crippen molar-refractivity contribution in [2.75, 3.05) is 13.6 Å². The maximum Gasteiger partial charge on any atom is 0.237 e. The third-order valence-corrected chi connectivity index (χ3v) is 4.76. The van der Waals surface area contributed by atoms with Crippen molar-refractivity contribution < 1.29 is 4.79 Å². The Hall–Kier alpha value is -0.610. The molecule has 0 aromatic rings. The van der Waals surface area contributed by atoms with E-state index in [0.717, 1.165) is 13.0 Å². The summed E-state index contributed by atoms with van der Waals surface area (Å²) in [4.78, 5) is 14.2. The number of nitrogens with zero attached hydrogens (tertiary/aromatic N) is 1. The molecule has 1 saturated heterocycles. The van der Waals surface area contributed by atoms with Crippen LogP contribution in [0.15, 0.2) is 0 Å². The van der Waals surface area contributed by atoms with E-state index in [2.05, 4.69) is 24.1 Å². The van der Waals surface area contributed by atoms with Gasteiger partial charge in [-0.3, -0.25) is 9.69 Å². The van der Waals surface area contributed by atoms with Crippen LogP contribution in [0.25, 0.3) is 0 Å². The smallest absolute Gasteiger partial charge is 0.237 e. The molecule has 0 aliphatic carbocycles. The summed E-state index contributed by atoms with van der Waals surface area (Å²) in [5, 5.41) is 3.10. The van der Waals surface area contributed by atoms with E-state index in [1.54, 1.807) is 0 Å². The van der Waals surface area contributed by atoms with E-state index in [1.807, 2.05) is 14.0 Å². The van der Waals surface area contributed by atoms with Crippen LogP contribution in [-0.4, -0.2) is 42.0 Å². The summed E-state index contributed by atoms with van der Waals surface area (Å²) in [5.74, 6) is -0.260. The number of nitrogens with one attached hydrogen (secondary N) is 1. The van der Waals surface area contributed by atoms with E-state index in [4.69, 9.17) is 5.73 Å². The average Bonchev–Trinajstić information content (AvgIpc) is 2.63. The number of carbonyl (C=O) groups is 1. The monoisotopic (exact) mass is 269 g/mol. The summed E-state index contributed by atoms with van der Waals surface area (Å²) in [6.45, 7) is 7.55. The minimum atomic E-state index is -0.607. The molecule has 1 aliphatic heterocycles. The zero-order valence-electron chi connectivity index (χ0n) is 13.0. The molecule has 3 atom stereocenters. The minimum Gasteiger partial charge on any atom is -0.368 e. The van der Waals surface area contributed by atoms with Gasteiger partial charge in [0.15, 0.2) is 0 Å². The number of hydrogen-bond donors (Lipinski definition) is 2. The van der Waals surface area contributed by atoms with Crippen LogP contribution in [0.4, 0.5) is 0 Å². The van der Waals surface area contributed by atoms with Gasteiger partial charge >= 0.3 is 0 Å². The molecule has 112 valence electrons. The first-order valence-electron chi connectivity index (χ1n) is 7.69. The minimum absolute atomic E-state index is 0.260. The van der Waals surface area contributed by atoms with Crippen LogP contribution in [0.2, 0.25) is 0 Å².